The van der Waals surface area contributed by atoms with Gasteiger partial charge in [-0.3, -0.25) is 4.79 Å². The molecule has 0 saturated heterocycles. The van der Waals surface area contributed by atoms with E-state index >= 15 is 0 Å². The molecule has 0 radical (unpaired) electrons. The quantitative estimate of drug-likeness (QED) is 0.711. The van der Waals surface area contributed by atoms with Crippen molar-refractivity contribution < 1.29 is 4.79 Å². The summed E-state index contributed by atoms with van der Waals surface area (Å²) in [7, 11) is 1.91. The summed E-state index contributed by atoms with van der Waals surface area (Å²) in [6.45, 7) is 4.98. The van der Waals surface area contributed by atoms with Gasteiger partial charge in [-0.1, -0.05) is 33.1 Å². The van der Waals surface area contributed by atoms with Gasteiger partial charge in [-0.25, -0.2) is 0 Å². The summed E-state index contributed by atoms with van der Waals surface area (Å²) in [4.78, 5) is 14.7. The van der Waals surface area contributed by atoms with Crippen molar-refractivity contribution in [3.63, 3.8) is 0 Å². The van der Waals surface area contributed by atoms with Crippen molar-refractivity contribution in [1.29, 1.82) is 5.26 Å². The van der Waals surface area contributed by atoms with Crippen molar-refractivity contribution in [3.8, 4) is 6.07 Å². The van der Waals surface area contributed by atoms with Crippen molar-refractivity contribution in [2.24, 2.45) is 23.2 Å². The van der Waals surface area contributed by atoms with Gasteiger partial charge in [0, 0.05) is 13.6 Å². The Bertz CT molecular complexity index is 406. The molecule has 0 N–H and O–H groups in total. The monoisotopic (exact) mass is 290 g/mol. The zero-order chi connectivity index (χ0) is 15.5. The highest BCUT2D eigenvalue weighted by molar-refractivity contribution is 5.85. The summed E-state index contributed by atoms with van der Waals surface area (Å²) in [5.41, 5.74) is -0.782. The lowest BCUT2D eigenvalue weighted by Crippen LogP contribution is -2.44. The van der Waals surface area contributed by atoms with Crippen molar-refractivity contribution in [1.82, 2.24) is 4.90 Å². The summed E-state index contributed by atoms with van der Waals surface area (Å²) in [5.74, 6) is 2.49. The van der Waals surface area contributed by atoms with Crippen LogP contribution in [-0.4, -0.2) is 24.4 Å². The molecule has 2 rings (SSSR count). The SMILES string of the molecule is CCCC(C#N)(CCC)C(=O)N(C)CC1CC2CCC1C2. The van der Waals surface area contributed by atoms with E-state index in [4.69, 9.17) is 0 Å². The average molecular weight is 290 g/mol. The maximum atomic E-state index is 12.9. The van der Waals surface area contributed by atoms with Crippen LogP contribution in [0, 0.1) is 34.5 Å². The first-order valence-corrected chi connectivity index (χ1v) is 8.73. The minimum atomic E-state index is -0.782. The van der Waals surface area contributed by atoms with Gasteiger partial charge in [0.2, 0.25) is 5.91 Å². The van der Waals surface area contributed by atoms with Crippen LogP contribution in [0.1, 0.15) is 65.2 Å². The van der Waals surface area contributed by atoms with E-state index in [0.29, 0.717) is 18.8 Å². The largest absolute Gasteiger partial charge is 0.344 e. The van der Waals surface area contributed by atoms with Crippen LogP contribution in [0.4, 0.5) is 0 Å². The van der Waals surface area contributed by atoms with E-state index in [1.165, 1.54) is 25.7 Å². The molecule has 3 nitrogen and oxygen atoms in total. The van der Waals surface area contributed by atoms with E-state index in [2.05, 4.69) is 19.9 Å². The number of nitrogens with zero attached hydrogens (tertiary/aromatic N) is 2. The minimum absolute atomic E-state index is 0.0662. The van der Waals surface area contributed by atoms with Gasteiger partial charge in [-0.15, -0.1) is 0 Å². The first kappa shape index (κ1) is 16.3. The molecule has 118 valence electrons. The maximum Gasteiger partial charge on any atom is 0.242 e. The molecule has 3 atom stereocenters. The normalized spacial score (nSPS) is 27.6. The van der Waals surface area contributed by atoms with E-state index in [0.717, 1.165) is 31.2 Å². The average Bonchev–Trinajstić information content (AvgIpc) is 3.08. The molecule has 3 heteroatoms. The molecular weight excluding hydrogens is 260 g/mol. The number of amides is 1. The van der Waals surface area contributed by atoms with E-state index < -0.39 is 5.41 Å². The summed E-state index contributed by atoms with van der Waals surface area (Å²) >= 11 is 0. The van der Waals surface area contributed by atoms with Gasteiger partial charge >= 0.3 is 0 Å². The molecule has 2 saturated carbocycles. The second-order valence-electron chi connectivity index (χ2n) is 7.31. The number of carbonyl (C=O) groups is 1. The van der Waals surface area contributed by atoms with Gasteiger partial charge in [0.05, 0.1) is 6.07 Å². The molecule has 0 heterocycles. The summed E-state index contributed by atoms with van der Waals surface area (Å²) in [6, 6.07) is 2.37. The standard InChI is InChI=1S/C18H30N2O/c1-4-8-18(13-19,9-5-2)17(21)20(3)12-16-11-14-6-7-15(16)10-14/h14-16H,4-12H2,1-3H3. The molecule has 21 heavy (non-hydrogen) atoms. The number of carbonyl (C=O) groups excluding carboxylic acids is 1. The molecule has 0 aromatic heterocycles. The zero-order valence-corrected chi connectivity index (χ0v) is 13.9. The lowest BCUT2D eigenvalue weighted by Gasteiger charge is -2.33. The van der Waals surface area contributed by atoms with Crippen molar-refractivity contribution in [2.45, 2.75) is 65.2 Å². The fourth-order valence-electron chi connectivity index (χ4n) is 4.75. The van der Waals surface area contributed by atoms with Crippen molar-refractivity contribution >= 4 is 5.91 Å². The zero-order valence-electron chi connectivity index (χ0n) is 13.9. The fourth-order valence-corrected chi connectivity index (χ4v) is 4.75. The van der Waals surface area contributed by atoms with Crippen molar-refractivity contribution in [3.05, 3.63) is 0 Å². The fraction of sp³-hybridized carbons (Fsp3) is 0.889. The lowest BCUT2D eigenvalue weighted by molar-refractivity contribution is -0.139. The first-order chi connectivity index (χ1) is 10.1. The Hall–Kier alpha value is -1.04. The third kappa shape index (κ3) is 3.25. The van der Waals surface area contributed by atoms with Gasteiger partial charge in [0.25, 0.3) is 0 Å². The van der Waals surface area contributed by atoms with Crippen LogP contribution in [0.5, 0.6) is 0 Å². The molecule has 0 aromatic rings. The summed E-state index contributed by atoms with van der Waals surface area (Å²) < 4.78 is 0. The van der Waals surface area contributed by atoms with E-state index in [1.54, 1.807) is 0 Å². The second kappa shape index (κ2) is 6.81. The lowest BCUT2D eigenvalue weighted by atomic mass is 9.79. The molecule has 2 fully saturated rings. The van der Waals surface area contributed by atoms with Crippen LogP contribution in [-0.2, 0) is 4.79 Å². The minimum Gasteiger partial charge on any atom is -0.344 e. The highest BCUT2D eigenvalue weighted by atomic mass is 16.2. The van der Waals surface area contributed by atoms with Gasteiger partial charge in [0.15, 0.2) is 0 Å². The van der Waals surface area contributed by atoms with Crippen LogP contribution >= 0.6 is 0 Å². The van der Waals surface area contributed by atoms with Crippen LogP contribution in [0.15, 0.2) is 0 Å². The number of hydrogen-bond acceptors (Lipinski definition) is 2. The predicted octanol–water partition coefficient (Wildman–Crippen LogP) is 3.99. The third-order valence-corrected chi connectivity index (χ3v) is 5.72. The Kier molecular flexibility index (Phi) is 5.30. The molecule has 0 spiro atoms. The molecule has 0 aromatic carbocycles. The summed E-state index contributed by atoms with van der Waals surface area (Å²) in [5, 5.41) is 9.63. The van der Waals surface area contributed by atoms with E-state index in [1.807, 2.05) is 11.9 Å². The Morgan fingerprint density at radius 3 is 2.33 bits per heavy atom. The number of fused-ring (bicyclic) bond motifs is 2. The molecule has 3 unspecified atom stereocenters. The molecular formula is C18H30N2O. The van der Waals surface area contributed by atoms with Crippen LogP contribution < -0.4 is 0 Å². The third-order valence-electron chi connectivity index (χ3n) is 5.72. The second-order valence-corrected chi connectivity index (χ2v) is 7.31. The van der Waals surface area contributed by atoms with Gasteiger partial charge < -0.3 is 4.90 Å². The predicted molar refractivity (Wildman–Crippen MR) is 84.4 cm³/mol. The van der Waals surface area contributed by atoms with Gasteiger partial charge in [-0.05, 0) is 49.9 Å². The highest BCUT2D eigenvalue weighted by Crippen LogP contribution is 2.48. The van der Waals surface area contributed by atoms with Gasteiger partial charge in [0.1, 0.15) is 5.41 Å². The Morgan fingerprint density at radius 1 is 1.24 bits per heavy atom. The van der Waals surface area contributed by atoms with Crippen LogP contribution in [0.2, 0.25) is 0 Å². The Labute approximate surface area is 129 Å². The van der Waals surface area contributed by atoms with Crippen molar-refractivity contribution in [2.75, 3.05) is 13.6 Å². The van der Waals surface area contributed by atoms with Crippen LogP contribution in [0.25, 0.3) is 0 Å². The topological polar surface area (TPSA) is 44.1 Å². The molecule has 1 amide bonds. The number of rotatable bonds is 7. The molecule has 2 aliphatic rings. The smallest absolute Gasteiger partial charge is 0.242 e. The van der Waals surface area contributed by atoms with E-state index in [9.17, 15) is 10.1 Å². The molecule has 0 aliphatic heterocycles. The Morgan fingerprint density at radius 2 is 1.90 bits per heavy atom. The summed E-state index contributed by atoms with van der Waals surface area (Å²) in [6.07, 6.45) is 8.58. The molecule has 2 bridgehead atoms. The first-order valence-electron chi connectivity index (χ1n) is 8.73. The number of nitriles is 1. The number of hydrogen-bond donors (Lipinski definition) is 0. The molecule has 2 aliphatic carbocycles. The highest BCUT2D eigenvalue weighted by Gasteiger charge is 2.43. The maximum absolute atomic E-state index is 12.9. The Balaban J connectivity index is 2.00. The van der Waals surface area contributed by atoms with Crippen LogP contribution in [0.3, 0.4) is 0 Å². The van der Waals surface area contributed by atoms with Gasteiger partial charge in [-0.2, -0.15) is 5.26 Å². The van der Waals surface area contributed by atoms with E-state index in [-0.39, 0.29) is 5.91 Å².